The zero-order valence-electron chi connectivity index (χ0n) is 17.4. The summed E-state index contributed by atoms with van der Waals surface area (Å²) in [6.07, 6.45) is 5.73. The van der Waals surface area contributed by atoms with E-state index in [9.17, 15) is 14.4 Å². The summed E-state index contributed by atoms with van der Waals surface area (Å²) in [5.74, 6) is -1.03. The first kappa shape index (κ1) is 23.8. The number of rotatable bonds is 12. The first-order chi connectivity index (χ1) is 15.1. The quantitative estimate of drug-likeness (QED) is 0.182. The largest absolute Gasteiger partial charge is 0.350 e. The minimum Gasteiger partial charge on any atom is -0.350 e. The fraction of sp³-hybridized carbons (Fsp3) is 0.292. The molecule has 2 rings (SSSR count). The summed E-state index contributed by atoms with van der Waals surface area (Å²) in [4.78, 5) is 36.1. The third-order valence-corrected chi connectivity index (χ3v) is 4.69. The van der Waals surface area contributed by atoms with Crippen molar-refractivity contribution in [2.75, 3.05) is 0 Å². The van der Waals surface area contributed by atoms with E-state index in [4.69, 9.17) is 5.21 Å². The summed E-state index contributed by atoms with van der Waals surface area (Å²) in [6, 6.07) is 18.3. The van der Waals surface area contributed by atoms with Crippen LogP contribution < -0.4 is 16.1 Å². The van der Waals surface area contributed by atoms with Crippen molar-refractivity contribution < 1.29 is 19.6 Å². The van der Waals surface area contributed by atoms with E-state index < -0.39 is 11.9 Å². The van der Waals surface area contributed by atoms with Gasteiger partial charge in [-0.15, -0.1) is 0 Å². The third-order valence-electron chi connectivity index (χ3n) is 4.69. The lowest BCUT2D eigenvalue weighted by Crippen LogP contribution is -2.46. The van der Waals surface area contributed by atoms with Crippen molar-refractivity contribution in [3.8, 4) is 0 Å². The van der Waals surface area contributed by atoms with Crippen LogP contribution in [0.15, 0.2) is 66.7 Å². The Bertz CT molecular complexity index is 854. The zero-order chi connectivity index (χ0) is 22.3. The van der Waals surface area contributed by atoms with E-state index in [0.29, 0.717) is 32.2 Å². The third kappa shape index (κ3) is 9.73. The Hall–Kier alpha value is -3.45. The number of carbonyl (C=O) groups is 3. The molecular weight excluding hydrogens is 394 g/mol. The molecule has 0 bridgehead atoms. The molecule has 1 atom stereocenters. The molecule has 31 heavy (non-hydrogen) atoms. The molecule has 0 aromatic heterocycles. The van der Waals surface area contributed by atoms with Gasteiger partial charge in [-0.25, -0.2) is 5.48 Å². The molecule has 0 aliphatic heterocycles. The maximum atomic E-state index is 12.7. The first-order valence-electron chi connectivity index (χ1n) is 10.4. The van der Waals surface area contributed by atoms with Crippen LogP contribution in [0.3, 0.4) is 0 Å². The Morgan fingerprint density at radius 2 is 1.58 bits per heavy atom. The van der Waals surface area contributed by atoms with Crippen LogP contribution in [0.25, 0.3) is 6.08 Å². The molecule has 0 spiro atoms. The van der Waals surface area contributed by atoms with Gasteiger partial charge in [-0.05, 0) is 30.0 Å². The summed E-state index contributed by atoms with van der Waals surface area (Å²) in [6.45, 7) is 0.378. The molecule has 7 nitrogen and oxygen atoms in total. The summed E-state index contributed by atoms with van der Waals surface area (Å²) in [5.41, 5.74) is 3.47. The van der Waals surface area contributed by atoms with Crippen molar-refractivity contribution >= 4 is 23.8 Å². The van der Waals surface area contributed by atoms with Crippen LogP contribution in [-0.2, 0) is 20.9 Å². The number of carbonyl (C=O) groups excluding carboxylic acids is 3. The van der Waals surface area contributed by atoms with Gasteiger partial charge in [0.05, 0.1) is 0 Å². The average molecular weight is 424 g/mol. The van der Waals surface area contributed by atoms with Crippen LogP contribution >= 0.6 is 0 Å². The molecule has 0 saturated heterocycles. The van der Waals surface area contributed by atoms with E-state index in [1.807, 2.05) is 60.7 Å². The predicted octanol–water partition coefficient (Wildman–Crippen LogP) is 2.96. The highest BCUT2D eigenvalue weighted by Gasteiger charge is 2.19. The van der Waals surface area contributed by atoms with Gasteiger partial charge in [0.1, 0.15) is 6.04 Å². The van der Waals surface area contributed by atoms with Crippen LogP contribution in [0.5, 0.6) is 0 Å². The second-order valence-electron chi connectivity index (χ2n) is 7.14. The fourth-order valence-electron chi connectivity index (χ4n) is 3.00. The molecule has 0 unspecified atom stereocenters. The molecular formula is C24H29N3O4. The van der Waals surface area contributed by atoms with Crippen molar-refractivity contribution in [2.45, 2.75) is 44.7 Å². The van der Waals surface area contributed by atoms with Crippen molar-refractivity contribution in [3.05, 3.63) is 77.9 Å². The minimum atomic E-state index is -0.677. The molecule has 4 N–H and O–H groups in total. The topological polar surface area (TPSA) is 108 Å². The van der Waals surface area contributed by atoms with Crippen molar-refractivity contribution in [1.82, 2.24) is 16.1 Å². The Balaban J connectivity index is 1.90. The molecule has 0 aliphatic rings. The summed E-state index contributed by atoms with van der Waals surface area (Å²) < 4.78 is 0. The van der Waals surface area contributed by atoms with E-state index in [1.54, 1.807) is 11.6 Å². The number of benzene rings is 2. The molecule has 164 valence electrons. The molecule has 2 aromatic carbocycles. The highest BCUT2D eigenvalue weighted by atomic mass is 16.5. The van der Waals surface area contributed by atoms with Crippen LogP contribution in [0.2, 0.25) is 0 Å². The highest BCUT2D eigenvalue weighted by Crippen LogP contribution is 2.08. The number of unbranched alkanes of at least 4 members (excludes halogenated alkanes) is 2. The van der Waals surface area contributed by atoms with Crippen molar-refractivity contribution in [2.24, 2.45) is 0 Å². The van der Waals surface area contributed by atoms with Gasteiger partial charge >= 0.3 is 0 Å². The number of hydrogen-bond acceptors (Lipinski definition) is 4. The van der Waals surface area contributed by atoms with Gasteiger partial charge in [-0.2, -0.15) is 0 Å². The lowest BCUT2D eigenvalue weighted by Gasteiger charge is -2.18. The highest BCUT2D eigenvalue weighted by molar-refractivity contribution is 5.95. The van der Waals surface area contributed by atoms with Gasteiger partial charge < -0.3 is 10.6 Å². The molecule has 0 aliphatic carbocycles. The van der Waals surface area contributed by atoms with Crippen LogP contribution in [-0.4, -0.2) is 29.0 Å². The van der Waals surface area contributed by atoms with Crippen molar-refractivity contribution in [1.29, 1.82) is 0 Å². The van der Waals surface area contributed by atoms with Crippen LogP contribution in [0.4, 0.5) is 0 Å². The van der Waals surface area contributed by atoms with Gasteiger partial charge in [0.2, 0.25) is 17.7 Å². The monoisotopic (exact) mass is 423 g/mol. The minimum absolute atomic E-state index is 0.216. The smallest absolute Gasteiger partial charge is 0.244 e. The summed E-state index contributed by atoms with van der Waals surface area (Å²) >= 11 is 0. The molecule has 2 aromatic rings. The molecule has 7 heteroatoms. The molecule has 3 amide bonds. The molecule has 0 heterocycles. The average Bonchev–Trinajstić information content (AvgIpc) is 2.81. The standard InChI is InChI=1S/C24H29N3O4/c28-22(17-16-19-10-4-1-5-11-19)26-21(14-8-3-9-15-23(29)27-31)24(30)25-18-20-12-6-2-7-13-20/h1-2,4-7,10-13,16-17,21,31H,3,8-9,14-15,18H2,(H,25,30)(H,26,28)(H,27,29)/b17-16+/t21-/m0/s1. The van der Waals surface area contributed by atoms with Crippen LogP contribution in [0, 0.1) is 0 Å². The molecule has 0 radical (unpaired) electrons. The van der Waals surface area contributed by atoms with Gasteiger partial charge in [-0.3, -0.25) is 19.6 Å². The maximum Gasteiger partial charge on any atom is 0.244 e. The summed E-state index contributed by atoms with van der Waals surface area (Å²) in [7, 11) is 0. The first-order valence-corrected chi connectivity index (χ1v) is 10.4. The number of amides is 3. The van der Waals surface area contributed by atoms with Gasteiger partial charge in [0, 0.05) is 19.0 Å². The van der Waals surface area contributed by atoms with Gasteiger partial charge in [0.25, 0.3) is 0 Å². The Labute approximate surface area is 182 Å². The summed E-state index contributed by atoms with van der Waals surface area (Å²) in [5, 5.41) is 14.2. The maximum absolute atomic E-state index is 12.7. The number of nitrogens with one attached hydrogen (secondary N) is 3. The van der Waals surface area contributed by atoms with Crippen molar-refractivity contribution in [3.63, 3.8) is 0 Å². The molecule has 0 fully saturated rings. The van der Waals surface area contributed by atoms with E-state index in [2.05, 4.69) is 10.6 Å². The lowest BCUT2D eigenvalue weighted by atomic mass is 10.1. The van der Waals surface area contributed by atoms with Crippen LogP contribution in [0.1, 0.15) is 43.2 Å². The normalized spacial score (nSPS) is 11.6. The second-order valence-corrected chi connectivity index (χ2v) is 7.14. The predicted molar refractivity (Wildman–Crippen MR) is 119 cm³/mol. The second kappa shape index (κ2) is 13.7. The lowest BCUT2D eigenvalue weighted by molar-refractivity contribution is -0.129. The SMILES string of the molecule is O=C(/C=C/c1ccccc1)N[C@@H](CCCCCC(=O)NO)C(=O)NCc1ccccc1. The van der Waals surface area contributed by atoms with E-state index in [1.165, 1.54) is 6.08 Å². The van der Waals surface area contributed by atoms with E-state index in [-0.39, 0.29) is 18.2 Å². The molecule has 0 saturated carbocycles. The Morgan fingerprint density at radius 3 is 2.26 bits per heavy atom. The zero-order valence-corrected chi connectivity index (χ0v) is 17.4. The van der Waals surface area contributed by atoms with E-state index in [0.717, 1.165) is 11.1 Å². The number of hydrogen-bond donors (Lipinski definition) is 4. The Kier molecular flexibility index (Phi) is 10.5. The number of hydroxylamine groups is 1. The Morgan fingerprint density at radius 1 is 0.903 bits per heavy atom. The van der Waals surface area contributed by atoms with E-state index >= 15 is 0 Å². The van der Waals surface area contributed by atoms with Gasteiger partial charge in [-0.1, -0.05) is 73.5 Å². The van der Waals surface area contributed by atoms with Gasteiger partial charge in [0.15, 0.2) is 0 Å². The fourth-order valence-corrected chi connectivity index (χ4v) is 3.00.